The highest BCUT2D eigenvalue weighted by Crippen LogP contribution is 2.64. The van der Waals surface area contributed by atoms with Crippen molar-refractivity contribution in [1.82, 2.24) is 15.0 Å². The van der Waals surface area contributed by atoms with Crippen molar-refractivity contribution in [2.75, 3.05) is 6.61 Å². The summed E-state index contributed by atoms with van der Waals surface area (Å²) in [6.45, 7) is -1.82. The summed E-state index contributed by atoms with van der Waals surface area (Å²) < 4.78 is 228. The lowest BCUT2D eigenvalue weighted by atomic mass is 9.88. The number of alkyl halides is 23. The summed E-state index contributed by atoms with van der Waals surface area (Å²) in [5.41, 5.74) is 0.177. The molecule has 0 aliphatic carbocycles. The minimum atomic E-state index is -8.70. The van der Waals surface area contributed by atoms with Gasteiger partial charge in [-0.25, -0.2) is 15.0 Å². The lowest BCUT2D eigenvalue weighted by molar-refractivity contribution is -0.461. The zero-order valence-electron chi connectivity index (χ0n) is 22.8. The maximum atomic E-state index is 14.1. The van der Waals surface area contributed by atoms with Crippen molar-refractivity contribution in [3.63, 3.8) is 0 Å². The SMILES string of the molecule is FC(F)(F)C(F)(F)C(F)(F)C(F)(F)C(F)(F)C(F)(F)C(F)(F)C(F)(F)CCOc1ccc(/C=C/c2nc(C(Cl)(Cl)Cl)nc(C(Cl)(Cl)Cl)n2)cc1. The van der Waals surface area contributed by atoms with E-state index < -0.39 is 85.6 Å². The van der Waals surface area contributed by atoms with Crippen molar-refractivity contribution in [2.45, 2.75) is 61.6 Å². The Morgan fingerprint density at radius 3 is 1.26 bits per heavy atom. The number of rotatable bonds is 12. The molecule has 50 heavy (non-hydrogen) atoms. The third-order valence-corrected chi connectivity index (χ3v) is 6.95. The van der Waals surface area contributed by atoms with Crippen LogP contribution in [-0.2, 0) is 7.59 Å². The summed E-state index contributed by atoms with van der Waals surface area (Å²) in [4.78, 5) is 11.3. The van der Waals surface area contributed by atoms with E-state index in [-0.39, 0.29) is 11.4 Å². The van der Waals surface area contributed by atoms with Crippen LogP contribution in [0.5, 0.6) is 5.75 Å². The number of ether oxygens (including phenoxy) is 1. The van der Waals surface area contributed by atoms with Crippen molar-refractivity contribution >= 4 is 81.8 Å². The second kappa shape index (κ2) is 13.9. The van der Waals surface area contributed by atoms with Crippen LogP contribution in [0.3, 0.4) is 0 Å². The Hall–Kier alpha value is -1.68. The van der Waals surface area contributed by atoms with E-state index in [9.17, 15) is 74.6 Å². The highest BCUT2D eigenvalue weighted by Gasteiger charge is 2.95. The van der Waals surface area contributed by atoms with Gasteiger partial charge in [0.25, 0.3) is 0 Å². The molecule has 0 unspecified atom stereocenters. The standard InChI is InChI=1S/C23H10Cl6F17N3O/c24-15(25,26)12-47-11(48-13(49-12)16(27,28)29)6-3-9-1-4-10(5-2-9)50-8-7-14(30,31)17(32,33)18(34,35)19(36,37)20(38,39)21(40,41)22(42,43)23(44,45)46/h1-6H,7-8H2/b6-3+. The van der Waals surface area contributed by atoms with E-state index in [0.717, 1.165) is 30.3 Å². The van der Waals surface area contributed by atoms with Crippen LogP contribution in [0.2, 0.25) is 0 Å². The van der Waals surface area contributed by atoms with Gasteiger partial charge in [0.2, 0.25) is 7.59 Å². The molecule has 1 aromatic heterocycles. The Morgan fingerprint density at radius 2 is 0.880 bits per heavy atom. The zero-order chi connectivity index (χ0) is 39.4. The molecule has 0 saturated carbocycles. The van der Waals surface area contributed by atoms with Crippen LogP contribution in [0.1, 0.15) is 29.5 Å². The second-order valence-corrected chi connectivity index (χ2v) is 14.0. The highest BCUT2D eigenvalue weighted by molar-refractivity contribution is 6.67. The van der Waals surface area contributed by atoms with E-state index in [4.69, 9.17) is 69.6 Å². The number of aromatic nitrogens is 3. The fourth-order valence-electron chi connectivity index (χ4n) is 3.22. The van der Waals surface area contributed by atoms with Crippen LogP contribution in [0.4, 0.5) is 74.6 Å². The Bertz CT molecular complexity index is 1510. The molecule has 1 heterocycles. The number of halogens is 23. The Labute approximate surface area is 296 Å². The van der Waals surface area contributed by atoms with Gasteiger partial charge < -0.3 is 4.74 Å². The monoisotopic (exact) mass is 877 g/mol. The Morgan fingerprint density at radius 1 is 0.500 bits per heavy atom. The van der Waals surface area contributed by atoms with Gasteiger partial charge in [0.15, 0.2) is 17.5 Å². The van der Waals surface area contributed by atoms with Gasteiger partial charge in [0, 0.05) is 0 Å². The molecule has 0 saturated heterocycles. The molecule has 0 amide bonds. The Balaban J connectivity index is 2.25. The summed E-state index contributed by atoms with van der Waals surface area (Å²) in [6.07, 6.45) is -8.25. The first-order valence-electron chi connectivity index (χ1n) is 12.0. The first-order valence-corrected chi connectivity index (χ1v) is 14.3. The fourth-order valence-corrected chi connectivity index (χ4v) is 3.72. The molecule has 0 aliphatic heterocycles. The van der Waals surface area contributed by atoms with Crippen LogP contribution >= 0.6 is 69.6 Å². The van der Waals surface area contributed by atoms with Crippen LogP contribution in [0, 0.1) is 0 Å². The van der Waals surface area contributed by atoms with Crippen LogP contribution in [0.15, 0.2) is 24.3 Å². The van der Waals surface area contributed by atoms with Crippen LogP contribution < -0.4 is 4.74 Å². The highest BCUT2D eigenvalue weighted by atomic mass is 35.6. The molecule has 0 bridgehead atoms. The van der Waals surface area contributed by atoms with Gasteiger partial charge in [-0.3, -0.25) is 0 Å². The van der Waals surface area contributed by atoms with Crippen molar-refractivity contribution in [3.8, 4) is 5.75 Å². The molecular weight excluding hydrogens is 870 g/mol. The van der Waals surface area contributed by atoms with Gasteiger partial charge in [0.1, 0.15) is 5.75 Å². The summed E-state index contributed by atoms with van der Waals surface area (Å²) >= 11 is 34.3. The van der Waals surface area contributed by atoms with Crippen molar-refractivity contribution in [1.29, 1.82) is 0 Å². The smallest absolute Gasteiger partial charge is 0.460 e. The molecule has 1 aromatic carbocycles. The third kappa shape index (κ3) is 8.26. The molecule has 2 aromatic rings. The molecule has 0 radical (unpaired) electrons. The van der Waals surface area contributed by atoms with Crippen molar-refractivity contribution in [2.24, 2.45) is 0 Å². The molecule has 0 fully saturated rings. The summed E-state index contributed by atoms with van der Waals surface area (Å²) in [7, 11) is 0. The number of benzene rings is 1. The van der Waals surface area contributed by atoms with E-state index in [1.165, 1.54) is 6.08 Å². The molecule has 4 nitrogen and oxygen atoms in total. The fraction of sp³-hybridized carbons (Fsp3) is 0.522. The lowest BCUT2D eigenvalue weighted by Crippen LogP contribution is -2.74. The largest absolute Gasteiger partial charge is 0.493 e. The molecule has 0 atom stereocenters. The molecule has 27 heteroatoms. The summed E-state index contributed by atoms with van der Waals surface area (Å²) in [5, 5.41) is 0. The summed E-state index contributed by atoms with van der Waals surface area (Å²) in [5.74, 6) is -58.7. The normalized spacial score (nSPS) is 15.2. The van der Waals surface area contributed by atoms with E-state index in [1.54, 1.807) is 0 Å². The average molecular weight is 880 g/mol. The topological polar surface area (TPSA) is 47.9 Å². The third-order valence-electron chi connectivity index (χ3n) is 5.94. The van der Waals surface area contributed by atoms with Gasteiger partial charge in [-0.2, -0.15) is 74.6 Å². The number of nitrogens with zero attached hydrogens (tertiary/aromatic N) is 3. The molecule has 284 valence electrons. The number of hydrogen-bond donors (Lipinski definition) is 0. The van der Waals surface area contributed by atoms with Crippen molar-refractivity contribution < 1.29 is 79.4 Å². The van der Waals surface area contributed by atoms with Gasteiger partial charge in [0.05, 0.1) is 13.0 Å². The van der Waals surface area contributed by atoms with Crippen LogP contribution in [0.25, 0.3) is 12.2 Å². The van der Waals surface area contributed by atoms with E-state index in [0.29, 0.717) is 0 Å². The van der Waals surface area contributed by atoms with Crippen molar-refractivity contribution in [3.05, 3.63) is 47.3 Å². The second-order valence-electron chi connectivity index (χ2n) is 9.49. The maximum Gasteiger partial charge on any atom is 0.460 e. The van der Waals surface area contributed by atoms with Gasteiger partial charge >= 0.3 is 47.6 Å². The first kappa shape index (κ1) is 44.5. The first-order chi connectivity index (χ1) is 22.0. The predicted octanol–water partition coefficient (Wildman–Crippen LogP) is 11.5. The quantitative estimate of drug-likeness (QED) is 0.157. The predicted molar refractivity (Wildman–Crippen MR) is 144 cm³/mol. The maximum absolute atomic E-state index is 14.1. The molecule has 2 rings (SSSR count). The summed E-state index contributed by atoms with van der Waals surface area (Å²) in [6, 6.07) is 3.99. The Kier molecular flexibility index (Phi) is 12.4. The minimum Gasteiger partial charge on any atom is -0.493 e. The average Bonchev–Trinajstić information content (AvgIpc) is 2.94. The van der Waals surface area contributed by atoms with Gasteiger partial charge in [-0.15, -0.1) is 0 Å². The molecule has 0 aliphatic rings. The lowest BCUT2D eigenvalue weighted by Gasteiger charge is -2.42. The van der Waals surface area contributed by atoms with Gasteiger partial charge in [-0.05, 0) is 23.8 Å². The molecule has 0 N–H and O–H groups in total. The minimum absolute atomic E-state index is 0.177. The van der Waals surface area contributed by atoms with Gasteiger partial charge in [-0.1, -0.05) is 87.8 Å². The van der Waals surface area contributed by atoms with Crippen LogP contribution in [-0.4, -0.2) is 69.2 Å². The number of hydrogen-bond acceptors (Lipinski definition) is 4. The zero-order valence-corrected chi connectivity index (χ0v) is 27.4. The molecule has 0 spiro atoms. The van der Waals surface area contributed by atoms with E-state index >= 15 is 0 Å². The van der Waals surface area contributed by atoms with E-state index in [2.05, 4.69) is 19.7 Å². The molecular formula is C23H10Cl6F17N3O. The van der Waals surface area contributed by atoms with E-state index in [1.807, 2.05) is 0 Å².